The molecule has 0 aliphatic heterocycles. The molecule has 108 valence electrons. The van der Waals surface area contributed by atoms with Crippen molar-refractivity contribution in [2.75, 3.05) is 7.05 Å². The third-order valence-corrected chi connectivity index (χ3v) is 3.03. The second-order valence-electron chi connectivity index (χ2n) is 4.36. The SMILES string of the molecule is CNC(Cc1ccco1)c1ccc(F)c(C(F)(F)F)c1. The normalized spacial score (nSPS) is 13.4. The first-order valence-electron chi connectivity index (χ1n) is 5.98. The van der Waals surface area contributed by atoms with E-state index in [1.807, 2.05) is 0 Å². The summed E-state index contributed by atoms with van der Waals surface area (Å²) < 4.78 is 56.5. The van der Waals surface area contributed by atoms with E-state index in [-0.39, 0.29) is 6.04 Å². The number of furan rings is 1. The predicted octanol–water partition coefficient (Wildman–Crippen LogP) is 3.94. The topological polar surface area (TPSA) is 25.2 Å². The van der Waals surface area contributed by atoms with Gasteiger partial charge >= 0.3 is 6.18 Å². The maximum atomic E-state index is 13.3. The minimum atomic E-state index is -4.71. The highest BCUT2D eigenvalue weighted by atomic mass is 19.4. The number of likely N-dealkylation sites (N-methyl/N-ethyl adjacent to an activating group) is 1. The van der Waals surface area contributed by atoms with Crippen LogP contribution in [0.4, 0.5) is 17.6 Å². The molecule has 6 heteroatoms. The molecule has 0 amide bonds. The third kappa shape index (κ3) is 3.19. The lowest BCUT2D eigenvalue weighted by Crippen LogP contribution is -2.20. The lowest BCUT2D eigenvalue weighted by atomic mass is 10.00. The molecule has 1 unspecified atom stereocenters. The van der Waals surface area contributed by atoms with Crippen LogP contribution in [0, 0.1) is 5.82 Å². The highest BCUT2D eigenvalue weighted by Crippen LogP contribution is 2.33. The minimum absolute atomic E-state index is 0.359. The van der Waals surface area contributed by atoms with Gasteiger partial charge in [-0.2, -0.15) is 13.2 Å². The van der Waals surface area contributed by atoms with Crippen molar-refractivity contribution in [3.05, 3.63) is 59.3 Å². The van der Waals surface area contributed by atoms with Crippen molar-refractivity contribution < 1.29 is 22.0 Å². The number of benzene rings is 1. The Kier molecular flexibility index (Phi) is 4.13. The summed E-state index contributed by atoms with van der Waals surface area (Å²) in [4.78, 5) is 0. The van der Waals surface area contributed by atoms with Crippen molar-refractivity contribution in [3.8, 4) is 0 Å². The molecular formula is C14H13F4NO. The predicted molar refractivity (Wildman–Crippen MR) is 65.6 cm³/mol. The zero-order valence-corrected chi connectivity index (χ0v) is 10.7. The van der Waals surface area contributed by atoms with Crippen molar-refractivity contribution in [3.63, 3.8) is 0 Å². The molecule has 0 spiro atoms. The molecule has 0 radical (unpaired) electrons. The molecule has 0 bridgehead atoms. The molecule has 2 nitrogen and oxygen atoms in total. The van der Waals surface area contributed by atoms with E-state index >= 15 is 0 Å². The van der Waals surface area contributed by atoms with Gasteiger partial charge in [-0.1, -0.05) is 6.07 Å². The standard InChI is InChI=1S/C14H13F4NO/c1-19-13(8-10-3-2-6-20-10)9-4-5-12(15)11(7-9)14(16,17)18/h2-7,13,19H,8H2,1H3. The zero-order valence-electron chi connectivity index (χ0n) is 10.7. The van der Waals surface area contributed by atoms with E-state index in [0.717, 1.165) is 12.1 Å². The van der Waals surface area contributed by atoms with Crippen molar-refractivity contribution in [2.45, 2.75) is 18.6 Å². The molecule has 0 aliphatic carbocycles. The first kappa shape index (κ1) is 14.6. The van der Waals surface area contributed by atoms with Crippen molar-refractivity contribution in [2.24, 2.45) is 0 Å². The highest BCUT2D eigenvalue weighted by Gasteiger charge is 2.34. The third-order valence-electron chi connectivity index (χ3n) is 3.03. The van der Waals surface area contributed by atoms with Gasteiger partial charge in [-0.25, -0.2) is 4.39 Å². The van der Waals surface area contributed by atoms with Crippen LogP contribution in [0.25, 0.3) is 0 Å². The molecule has 0 aliphatic rings. The Morgan fingerprint density at radius 3 is 2.55 bits per heavy atom. The van der Waals surface area contributed by atoms with Crippen molar-refractivity contribution in [1.29, 1.82) is 0 Å². The number of rotatable bonds is 4. The van der Waals surface area contributed by atoms with Gasteiger partial charge in [0.1, 0.15) is 11.6 Å². The molecule has 1 aromatic carbocycles. The van der Waals surface area contributed by atoms with Crippen LogP contribution >= 0.6 is 0 Å². The number of hydrogen-bond donors (Lipinski definition) is 1. The molecular weight excluding hydrogens is 274 g/mol. The minimum Gasteiger partial charge on any atom is -0.469 e. The van der Waals surface area contributed by atoms with Crippen LogP contribution < -0.4 is 5.32 Å². The van der Waals surface area contributed by atoms with Crippen LogP contribution in [-0.4, -0.2) is 7.05 Å². The molecule has 20 heavy (non-hydrogen) atoms. The van der Waals surface area contributed by atoms with E-state index in [1.165, 1.54) is 12.3 Å². The van der Waals surface area contributed by atoms with E-state index in [4.69, 9.17) is 4.42 Å². The van der Waals surface area contributed by atoms with E-state index in [2.05, 4.69) is 5.32 Å². The first-order valence-corrected chi connectivity index (χ1v) is 5.98. The second kappa shape index (κ2) is 5.66. The summed E-state index contributed by atoms with van der Waals surface area (Å²) in [7, 11) is 1.63. The lowest BCUT2D eigenvalue weighted by molar-refractivity contribution is -0.140. The van der Waals surface area contributed by atoms with Crippen LogP contribution in [-0.2, 0) is 12.6 Å². The Balaban J connectivity index is 2.30. The van der Waals surface area contributed by atoms with Gasteiger partial charge in [0.25, 0.3) is 0 Å². The Labute approximate surface area is 113 Å². The summed E-state index contributed by atoms with van der Waals surface area (Å²) in [6.07, 6.45) is -2.83. The average Bonchev–Trinajstić information content (AvgIpc) is 2.88. The molecule has 1 aromatic heterocycles. The van der Waals surface area contributed by atoms with E-state index in [0.29, 0.717) is 17.7 Å². The smallest absolute Gasteiger partial charge is 0.419 e. The Hall–Kier alpha value is -1.82. The summed E-state index contributed by atoms with van der Waals surface area (Å²) in [6.45, 7) is 0. The van der Waals surface area contributed by atoms with E-state index < -0.39 is 17.6 Å². The van der Waals surface area contributed by atoms with Gasteiger partial charge in [0.2, 0.25) is 0 Å². The van der Waals surface area contributed by atoms with Crippen LogP contribution in [0.15, 0.2) is 41.0 Å². The molecule has 2 rings (SSSR count). The molecule has 0 fully saturated rings. The fraction of sp³-hybridized carbons (Fsp3) is 0.286. The molecule has 2 aromatic rings. The van der Waals surface area contributed by atoms with Gasteiger partial charge in [0.05, 0.1) is 11.8 Å². The van der Waals surface area contributed by atoms with E-state index in [1.54, 1.807) is 19.2 Å². The molecule has 1 heterocycles. The summed E-state index contributed by atoms with van der Waals surface area (Å²) in [5.41, 5.74) is -0.896. The quantitative estimate of drug-likeness (QED) is 0.862. The largest absolute Gasteiger partial charge is 0.469 e. The van der Waals surface area contributed by atoms with Crippen molar-refractivity contribution >= 4 is 0 Å². The number of nitrogens with one attached hydrogen (secondary N) is 1. The number of hydrogen-bond acceptors (Lipinski definition) is 2. The fourth-order valence-electron chi connectivity index (χ4n) is 1.99. The molecule has 1 N–H and O–H groups in total. The monoisotopic (exact) mass is 287 g/mol. The second-order valence-corrected chi connectivity index (χ2v) is 4.36. The number of halogens is 4. The van der Waals surface area contributed by atoms with Crippen LogP contribution in [0.2, 0.25) is 0 Å². The average molecular weight is 287 g/mol. The molecule has 0 saturated heterocycles. The lowest BCUT2D eigenvalue weighted by Gasteiger charge is -2.17. The van der Waals surface area contributed by atoms with Gasteiger partial charge in [0.15, 0.2) is 0 Å². The fourth-order valence-corrected chi connectivity index (χ4v) is 1.99. The summed E-state index contributed by atoms with van der Waals surface area (Å²) in [5.74, 6) is -0.628. The molecule has 0 saturated carbocycles. The maximum Gasteiger partial charge on any atom is 0.419 e. The van der Waals surface area contributed by atoms with Gasteiger partial charge in [-0.05, 0) is 36.9 Å². The Bertz CT molecular complexity index is 563. The van der Waals surface area contributed by atoms with Crippen LogP contribution in [0.1, 0.15) is 22.9 Å². The highest BCUT2D eigenvalue weighted by molar-refractivity contribution is 5.30. The number of alkyl halides is 3. The zero-order chi connectivity index (χ0) is 14.8. The van der Waals surface area contributed by atoms with Crippen LogP contribution in [0.3, 0.4) is 0 Å². The van der Waals surface area contributed by atoms with Gasteiger partial charge in [-0.15, -0.1) is 0 Å². The first-order chi connectivity index (χ1) is 9.41. The van der Waals surface area contributed by atoms with Crippen molar-refractivity contribution in [1.82, 2.24) is 5.32 Å². The van der Waals surface area contributed by atoms with Crippen LogP contribution in [0.5, 0.6) is 0 Å². The summed E-state index contributed by atoms with van der Waals surface area (Å²) >= 11 is 0. The summed E-state index contributed by atoms with van der Waals surface area (Å²) in [5, 5.41) is 2.90. The molecule has 1 atom stereocenters. The maximum absolute atomic E-state index is 13.3. The van der Waals surface area contributed by atoms with Gasteiger partial charge in [-0.3, -0.25) is 0 Å². The van der Waals surface area contributed by atoms with E-state index in [9.17, 15) is 17.6 Å². The Morgan fingerprint density at radius 2 is 2.00 bits per heavy atom. The Morgan fingerprint density at radius 1 is 1.25 bits per heavy atom. The van der Waals surface area contributed by atoms with Gasteiger partial charge in [0, 0.05) is 12.5 Å². The van der Waals surface area contributed by atoms with Gasteiger partial charge < -0.3 is 9.73 Å². The summed E-state index contributed by atoms with van der Waals surface area (Å²) in [6, 6.07) is 6.06.